The van der Waals surface area contributed by atoms with Crippen molar-refractivity contribution >= 4 is 15.9 Å². The zero-order chi connectivity index (χ0) is 10.2. The average Bonchev–Trinajstić information content (AvgIpc) is 2.77. The standard InChI is InChI=1S/C7H8BrF2N3O/c8-7(9,10)6-12-5(13-14-6)3-11-4-1-2-4/h4,11H,1-3H2. The van der Waals surface area contributed by atoms with E-state index in [1.165, 1.54) is 0 Å². The highest BCUT2D eigenvalue weighted by atomic mass is 79.9. The number of halogens is 3. The van der Waals surface area contributed by atoms with Gasteiger partial charge in [-0.05, 0) is 12.8 Å². The summed E-state index contributed by atoms with van der Waals surface area (Å²) < 4.78 is 29.5. The Hall–Kier alpha value is -0.560. The van der Waals surface area contributed by atoms with Crippen LogP contribution in [0.4, 0.5) is 8.78 Å². The molecule has 1 N–H and O–H groups in total. The van der Waals surface area contributed by atoms with Crippen LogP contribution in [0.1, 0.15) is 24.6 Å². The van der Waals surface area contributed by atoms with Crippen LogP contribution < -0.4 is 5.32 Å². The molecule has 1 aliphatic rings. The van der Waals surface area contributed by atoms with Crippen molar-refractivity contribution in [2.45, 2.75) is 30.3 Å². The molecule has 0 amide bonds. The maximum absolute atomic E-state index is 12.6. The first-order valence-corrected chi connectivity index (χ1v) is 4.98. The summed E-state index contributed by atoms with van der Waals surface area (Å²) in [5.41, 5.74) is 0. The van der Waals surface area contributed by atoms with Gasteiger partial charge in [0.2, 0.25) is 0 Å². The van der Waals surface area contributed by atoms with E-state index in [-0.39, 0.29) is 5.82 Å². The number of nitrogens with zero attached hydrogens (tertiary/aromatic N) is 2. The number of aromatic nitrogens is 2. The van der Waals surface area contributed by atoms with Crippen molar-refractivity contribution in [3.8, 4) is 0 Å². The third-order valence-corrected chi connectivity index (χ3v) is 2.18. The number of rotatable bonds is 4. The van der Waals surface area contributed by atoms with E-state index in [9.17, 15) is 8.78 Å². The van der Waals surface area contributed by atoms with Gasteiger partial charge in [-0.25, -0.2) is 0 Å². The third-order valence-electron chi connectivity index (χ3n) is 1.84. The van der Waals surface area contributed by atoms with Gasteiger partial charge >= 0.3 is 10.7 Å². The fraction of sp³-hybridized carbons (Fsp3) is 0.714. The molecule has 0 unspecified atom stereocenters. The van der Waals surface area contributed by atoms with Gasteiger partial charge in [0.15, 0.2) is 5.82 Å². The molecule has 0 saturated heterocycles. The Labute approximate surface area is 87.2 Å². The molecule has 1 aromatic heterocycles. The molecule has 1 aromatic rings. The molecule has 14 heavy (non-hydrogen) atoms. The second-order valence-electron chi connectivity index (χ2n) is 3.17. The highest BCUT2D eigenvalue weighted by molar-refractivity contribution is 9.09. The second-order valence-corrected chi connectivity index (χ2v) is 4.16. The van der Waals surface area contributed by atoms with Gasteiger partial charge in [0, 0.05) is 22.0 Å². The van der Waals surface area contributed by atoms with Crippen LogP contribution in [-0.2, 0) is 11.4 Å². The molecule has 0 spiro atoms. The van der Waals surface area contributed by atoms with E-state index in [1.807, 2.05) is 0 Å². The van der Waals surface area contributed by atoms with Crippen LogP contribution in [0.3, 0.4) is 0 Å². The Morgan fingerprint density at radius 1 is 1.57 bits per heavy atom. The van der Waals surface area contributed by atoms with Crippen molar-refractivity contribution in [3.05, 3.63) is 11.7 Å². The molecule has 0 aliphatic heterocycles. The second kappa shape index (κ2) is 3.54. The summed E-state index contributed by atoms with van der Waals surface area (Å²) in [4.78, 5) is 0.306. The van der Waals surface area contributed by atoms with Gasteiger partial charge in [-0.1, -0.05) is 5.16 Å². The number of nitrogens with one attached hydrogen (secondary N) is 1. The van der Waals surface area contributed by atoms with E-state index in [4.69, 9.17) is 0 Å². The minimum atomic E-state index is -3.24. The molecule has 1 aliphatic carbocycles. The Morgan fingerprint density at radius 3 is 2.79 bits per heavy atom. The zero-order valence-electron chi connectivity index (χ0n) is 7.14. The lowest BCUT2D eigenvalue weighted by Crippen LogP contribution is -2.16. The van der Waals surface area contributed by atoms with Gasteiger partial charge < -0.3 is 9.84 Å². The Balaban J connectivity index is 1.94. The topological polar surface area (TPSA) is 51.0 Å². The Bertz CT molecular complexity index is 321. The van der Waals surface area contributed by atoms with Crippen LogP contribution in [0.5, 0.6) is 0 Å². The molecule has 0 aromatic carbocycles. The normalized spacial score (nSPS) is 17.4. The molecule has 7 heteroatoms. The fourth-order valence-electron chi connectivity index (χ4n) is 0.964. The van der Waals surface area contributed by atoms with E-state index >= 15 is 0 Å². The lowest BCUT2D eigenvalue weighted by atomic mass is 10.5. The van der Waals surface area contributed by atoms with Crippen molar-refractivity contribution in [1.29, 1.82) is 0 Å². The van der Waals surface area contributed by atoms with E-state index in [2.05, 4.69) is 35.9 Å². The van der Waals surface area contributed by atoms with Gasteiger partial charge in [0.25, 0.3) is 0 Å². The first-order valence-electron chi connectivity index (χ1n) is 4.19. The molecular formula is C7H8BrF2N3O. The first-order chi connectivity index (χ1) is 6.55. The van der Waals surface area contributed by atoms with Gasteiger partial charge in [-0.3, -0.25) is 0 Å². The maximum atomic E-state index is 12.6. The highest BCUT2D eigenvalue weighted by Crippen LogP contribution is 2.32. The van der Waals surface area contributed by atoms with Crippen molar-refractivity contribution < 1.29 is 13.3 Å². The summed E-state index contributed by atoms with van der Waals surface area (Å²) >= 11 is 2.14. The highest BCUT2D eigenvalue weighted by Gasteiger charge is 2.34. The lowest BCUT2D eigenvalue weighted by Gasteiger charge is -1.98. The number of alkyl halides is 3. The van der Waals surface area contributed by atoms with Crippen molar-refractivity contribution in [2.75, 3.05) is 0 Å². The monoisotopic (exact) mass is 267 g/mol. The summed E-state index contributed by atoms with van der Waals surface area (Å²) in [5.74, 6) is -0.448. The molecule has 4 nitrogen and oxygen atoms in total. The summed E-state index contributed by atoms with van der Waals surface area (Å²) in [7, 11) is 0. The molecule has 0 bridgehead atoms. The van der Waals surface area contributed by atoms with Gasteiger partial charge in [-0.15, -0.1) is 0 Å². The smallest absolute Gasteiger partial charge is 0.331 e. The number of hydrogen-bond acceptors (Lipinski definition) is 4. The summed E-state index contributed by atoms with van der Waals surface area (Å²) in [5, 5.41) is 6.52. The van der Waals surface area contributed by atoms with E-state index in [1.54, 1.807) is 0 Å². The molecule has 78 valence electrons. The summed E-state index contributed by atoms with van der Waals surface area (Å²) in [6.45, 7) is 0.372. The summed E-state index contributed by atoms with van der Waals surface area (Å²) in [6, 6.07) is 0.487. The van der Waals surface area contributed by atoms with Crippen molar-refractivity contribution in [3.63, 3.8) is 0 Å². The van der Waals surface area contributed by atoms with Gasteiger partial charge in [0.1, 0.15) is 0 Å². The van der Waals surface area contributed by atoms with Crippen LogP contribution in [-0.4, -0.2) is 16.2 Å². The molecule has 1 saturated carbocycles. The molecule has 0 radical (unpaired) electrons. The molecule has 2 rings (SSSR count). The van der Waals surface area contributed by atoms with E-state index in [0.29, 0.717) is 12.6 Å². The number of hydrogen-bond donors (Lipinski definition) is 1. The first kappa shape index (κ1) is 9.97. The zero-order valence-corrected chi connectivity index (χ0v) is 8.72. The minimum Gasteiger partial charge on any atom is -0.331 e. The van der Waals surface area contributed by atoms with Gasteiger partial charge in [0.05, 0.1) is 6.54 Å². The Kier molecular flexibility index (Phi) is 2.52. The van der Waals surface area contributed by atoms with Crippen LogP contribution in [0.2, 0.25) is 0 Å². The van der Waals surface area contributed by atoms with Crippen LogP contribution >= 0.6 is 15.9 Å². The largest absolute Gasteiger partial charge is 0.378 e. The van der Waals surface area contributed by atoms with Crippen LogP contribution in [0, 0.1) is 0 Å². The average molecular weight is 268 g/mol. The van der Waals surface area contributed by atoms with Crippen molar-refractivity contribution in [2.24, 2.45) is 0 Å². The predicted octanol–water partition coefficient (Wildman–Crippen LogP) is 1.77. The van der Waals surface area contributed by atoms with Crippen LogP contribution in [0.25, 0.3) is 0 Å². The molecular weight excluding hydrogens is 260 g/mol. The minimum absolute atomic E-state index is 0.256. The Morgan fingerprint density at radius 2 is 2.29 bits per heavy atom. The predicted molar refractivity (Wildman–Crippen MR) is 47.0 cm³/mol. The molecule has 1 heterocycles. The van der Waals surface area contributed by atoms with E-state index in [0.717, 1.165) is 12.8 Å². The SMILES string of the molecule is FC(F)(Br)c1nc(CNC2CC2)no1. The van der Waals surface area contributed by atoms with E-state index < -0.39 is 10.7 Å². The quantitative estimate of drug-likeness (QED) is 0.845. The van der Waals surface area contributed by atoms with Crippen LogP contribution in [0.15, 0.2) is 4.52 Å². The van der Waals surface area contributed by atoms with Crippen molar-refractivity contribution in [1.82, 2.24) is 15.5 Å². The summed E-state index contributed by atoms with van der Waals surface area (Å²) in [6.07, 6.45) is 2.25. The maximum Gasteiger partial charge on any atom is 0.378 e. The lowest BCUT2D eigenvalue weighted by molar-refractivity contribution is 0.0725. The molecule has 1 fully saturated rings. The van der Waals surface area contributed by atoms with Gasteiger partial charge in [-0.2, -0.15) is 13.8 Å². The third kappa shape index (κ3) is 2.48. The fourth-order valence-corrected chi connectivity index (χ4v) is 1.13. The molecule has 0 atom stereocenters.